The van der Waals surface area contributed by atoms with Crippen molar-refractivity contribution in [3.8, 4) is 16.1 Å². The molecule has 0 saturated carbocycles. The Labute approximate surface area is 398 Å². The Kier molecular flexibility index (Phi) is 12.3. The van der Waals surface area contributed by atoms with Gasteiger partial charge >= 0.3 is 0 Å². The largest absolute Gasteiger partial charge is 0.391 e. The predicted octanol–water partition coefficient (Wildman–Crippen LogP) is 8.54. The minimum Gasteiger partial charge on any atom is -0.391 e. The second-order valence-electron chi connectivity index (χ2n) is 19.7. The van der Waals surface area contributed by atoms with E-state index in [1.54, 1.807) is 17.4 Å². The van der Waals surface area contributed by atoms with Crippen LogP contribution in [0.3, 0.4) is 0 Å². The molecule has 66 heavy (non-hydrogen) atoms. The van der Waals surface area contributed by atoms with E-state index in [4.69, 9.17) is 11.6 Å². The number of aliphatic hydroxyl groups excluding tert-OH is 1. The van der Waals surface area contributed by atoms with Gasteiger partial charge in [0.05, 0.1) is 60.1 Å². The van der Waals surface area contributed by atoms with Crippen LogP contribution in [0, 0.1) is 12.3 Å². The van der Waals surface area contributed by atoms with Gasteiger partial charge in [0, 0.05) is 24.4 Å². The summed E-state index contributed by atoms with van der Waals surface area (Å²) in [6.07, 6.45) is 1.21. The molecule has 3 amide bonds. The summed E-state index contributed by atoms with van der Waals surface area (Å²) in [5.41, 5.74) is 7.55. The number of halogens is 1. The van der Waals surface area contributed by atoms with Gasteiger partial charge in [0.15, 0.2) is 0 Å². The fourth-order valence-electron chi connectivity index (χ4n) is 9.96. The highest BCUT2D eigenvalue weighted by Gasteiger charge is 2.45. The number of aliphatic hydroxyl groups is 1. The van der Waals surface area contributed by atoms with E-state index in [9.17, 15) is 24.3 Å². The van der Waals surface area contributed by atoms with Crippen molar-refractivity contribution in [1.82, 2.24) is 35.0 Å². The molecular weight excluding hydrogens is 890 g/mol. The summed E-state index contributed by atoms with van der Waals surface area (Å²) < 4.78 is 2.09. The summed E-state index contributed by atoms with van der Waals surface area (Å²) in [6, 6.07) is 21.9. The van der Waals surface area contributed by atoms with Crippen LogP contribution in [0.1, 0.15) is 116 Å². The number of thiazole rings is 1. The highest BCUT2D eigenvalue weighted by atomic mass is 35.5. The van der Waals surface area contributed by atoms with Crippen LogP contribution < -0.4 is 16.2 Å². The van der Waals surface area contributed by atoms with E-state index in [-0.39, 0.29) is 36.4 Å². The van der Waals surface area contributed by atoms with Crippen molar-refractivity contribution in [2.24, 2.45) is 5.41 Å². The monoisotopic (exact) mass is 945 g/mol. The lowest BCUT2D eigenvalue weighted by Gasteiger charge is -2.35. The average Bonchev–Trinajstić information content (AvgIpc) is 4.08. The maximum absolute atomic E-state index is 14.4. The SMILES string of the molecule is Cc1ncsc1-c1ccc([C@H](C)NC(=O)[C@@H]2C[C@@H](O)CN2C(=O)[C@@H](NC(=O)c2ccc(CN3CCC(c4ccc5c(c4)C(C)(C)c4nc(=O)c6c(Cl)cccc6n4-5)CC3)s2)C(C)(C)C)cc1. The Morgan fingerprint density at radius 3 is 2.44 bits per heavy atom. The summed E-state index contributed by atoms with van der Waals surface area (Å²) in [5, 5.41) is 17.7. The van der Waals surface area contributed by atoms with Gasteiger partial charge in [0.2, 0.25) is 11.8 Å². The fourth-order valence-corrected chi connectivity index (χ4v) is 12.0. The second-order valence-corrected chi connectivity index (χ2v) is 22.1. The van der Waals surface area contributed by atoms with E-state index < -0.39 is 34.9 Å². The minimum absolute atomic E-state index is 0.00219. The average molecular weight is 947 g/mol. The normalized spacial score (nSPS) is 19.4. The predicted molar refractivity (Wildman–Crippen MR) is 262 cm³/mol. The molecule has 0 bridgehead atoms. The summed E-state index contributed by atoms with van der Waals surface area (Å²) in [4.78, 5) is 70.6. The zero-order valence-electron chi connectivity index (χ0n) is 38.4. The van der Waals surface area contributed by atoms with Crippen molar-refractivity contribution in [3.63, 3.8) is 0 Å². The fraction of sp³-hybridized carbons (Fsp3) is 0.412. The van der Waals surface area contributed by atoms with E-state index in [1.165, 1.54) is 21.8 Å². The molecule has 0 aliphatic carbocycles. The van der Waals surface area contributed by atoms with Gasteiger partial charge in [-0.05, 0) is 118 Å². The van der Waals surface area contributed by atoms with E-state index in [1.807, 2.05) is 88.7 Å². The Hall–Kier alpha value is -5.25. The quantitative estimate of drug-likeness (QED) is 0.124. The molecule has 3 aromatic carbocycles. The molecule has 4 atom stereocenters. The number of nitrogens with zero attached hydrogens (tertiary/aromatic N) is 5. The maximum atomic E-state index is 14.4. The van der Waals surface area contributed by atoms with Gasteiger partial charge in [0.25, 0.3) is 11.5 Å². The van der Waals surface area contributed by atoms with Crippen LogP contribution in [0.4, 0.5) is 0 Å². The van der Waals surface area contributed by atoms with Gasteiger partial charge in [-0.25, -0.2) is 4.98 Å². The first kappa shape index (κ1) is 45.9. The highest BCUT2D eigenvalue weighted by molar-refractivity contribution is 7.14. The molecule has 12 nitrogen and oxygen atoms in total. The number of β-amino-alcohol motifs (C(OH)–C–C–N with tert-alkyl or cyclic N) is 1. The van der Waals surface area contributed by atoms with Gasteiger partial charge in [-0.15, -0.1) is 22.7 Å². The van der Waals surface area contributed by atoms with Crippen molar-refractivity contribution < 1.29 is 19.5 Å². The summed E-state index contributed by atoms with van der Waals surface area (Å²) in [7, 11) is 0. The number of benzene rings is 3. The number of hydrogen-bond acceptors (Lipinski definition) is 10. The smallest absolute Gasteiger partial charge is 0.282 e. The molecule has 3 aliphatic heterocycles. The lowest BCUT2D eigenvalue weighted by atomic mass is 9.81. The van der Waals surface area contributed by atoms with Crippen LogP contribution in [0.15, 0.2) is 83.1 Å². The van der Waals surface area contributed by atoms with Gasteiger partial charge in [0.1, 0.15) is 17.9 Å². The Morgan fingerprint density at radius 1 is 1.00 bits per heavy atom. The van der Waals surface area contributed by atoms with Crippen LogP contribution in [0.25, 0.3) is 27.0 Å². The number of aromatic nitrogens is 3. The molecule has 15 heteroatoms. The first-order valence-electron chi connectivity index (χ1n) is 22.7. The number of piperidine rings is 1. The molecule has 6 heterocycles. The number of aryl methyl sites for hydroxylation is 1. The maximum Gasteiger partial charge on any atom is 0.282 e. The molecule has 2 fully saturated rings. The van der Waals surface area contributed by atoms with Crippen molar-refractivity contribution >= 4 is 62.9 Å². The number of carbonyl (C=O) groups excluding carboxylic acids is 3. The Morgan fingerprint density at radius 2 is 1.74 bits per heavy atom. The third-order valence-corrected chi connectivity index (χ3v) is 16.1. The number of fused-ring (bicyclic) bond motifs is 5. The molecule has 3 aliphatic rings. The summed E-state index contributed by atoms with van der Waals surface area (Å²) in [6.45, 7) is 16.3. The second kappa shape index (κ2) is 17.8. The number of rotatable bonds is 10. The van der Waals surface area contributed by atoms with Gasteiger partial charge in [-0.1, -0.05) is 74.8 Å². The van der Waals surface area contributed by atoms with Crippen molar-refractivity contribution in [2.45, 2.75) is 110 Å². The van der Waals surface area contributed by atoms with Gasteiger partial charge < -0.3 is 20.6 Å². The molecular formula is C51H56ClN7O5S2. The molecule has 3 N–H and O–H groups in total. The van der Waals surface area contributed by atoms with Gasteiger partial charge in [-0.3, -0.25) is 28.6 Å². The lowest BCUT2D eigenvalue weighted by molar-refractivity contribution is -0.142. The van der Waals surface area contributed by atoms with Crippen molar-refractivity contribution in [1.29, 1.82) is 0 Å². The molecule has 3 aromatic heterocycles. The standard InChI is InChI=1S/C51H56ClN7O5S2/c1-28(30-11-13-32(14-12-30)43-29(2)53-27-65-43)54-45(61)40-24-34(60)25-58(40)48(64)44(50(3,4)5)55-46(62)41-18-16-35(66-41)26-57-21-19-31(20-22-57)33-15-17-38-36(23-33)51(6,7)49-56-47(63)42-37(52)9-8-10-39(42)59(38)49/h8-18,23,27-28,31,34,40,44,60H,19-22,24-26H2,1-7H3,(H,54,61)(H,55,62)/t28-,34+,40-,44+/m0/s1. The number of carbonyl (C=O) groups is 3. The molecule has 2 saturated heterocycles. The number of hydrogen-bond donors (Lipinski definition) is 3. The molecule has 344 valence electrons. The molecule has 9 rings (SSSR count). The zero-order chi connectivity index (χ0) is 46.8. The number of amides is 3. The Balaban J connectivity index is 0.815. The lowest BCUT2D eigenvalue weighted by Crippen LogP contribution is -2.57. The van der Waals surface area contributed by atoms with E-state index in [0.717, 1.165) is 75.1 Å². The van der Waals surface area contributed by atoms with Crippen molar-refractivity contribution in [2.75, 3.05) is 19.6 Å². The number of likely N-dealkylation sites (tertiary alicyclic amines) is 2. The third-order valence-electron chi connectivity index (χ3n) is 13.7. The van der Waals surface area contributed by atoms with Crippen LogP contribution in [0.2, 0.25) is 5.02 Å². The van der Waals surface area contributed by atoms with Gasteiger partial charge in [-0.2, -0.15) is 4.98 Å². The minimum atomic E-state index is -0.939. The summed E-state index contributed by atoms with van der Waals surface area (Å²) >= 11 is 9.49. The van der Waals surface area contributed by atoms with Crippen LogP contribution in [0.5, 0.6) is 0 Å². The first-order chi connectivity index (χ1) is 31.4. The molecule has 0 unspecified atom stereocenters. The number of thiophene rings is 1. The third kappa shape index (κ3) is 8.62. The van der Waals surface area contributed by atoms with Crippen molar-refractivity contribution in [3.05, 3.63) is 132 Å². The van der Waals surface area contributed by atoms with E-state index in [2.05, 4.69) is 62.1 Å². The molecule has 0 radical (unpaired) electrons. The van der Waals surface area contributed by atoms with E-state index >= 15 is 0 Å². The summed E-state index contributed by atoms with van der Waals surface area (Å²) in [5.74, 6) is 0.0113. The van der Waals surface area contributed by atoms with Crippen LogP contribution >= 0.6 is 34.3 Å². The number of nitrogens with one attached hydrogen (secondary N) is 2. The molecule has 6 aromatic rings. The first-order valence-corrected chi connectivity index (χ1v) is 24.7. The molecule has 0 spiro atoms. The topological polar surface area (TPSA) is 150 Å². The van der Waals surface area contributed by atoms with Crippen LogP contribution in [-0.2, 0) is 21.5 Å². The highest BCUT2D eigenvalue weighted by Crippen LogP contribution is 2.45. The van der Waals surface area contributed by atoms with Crippen LogP contribution in [-0.4, -0.2) is 85.0 Å². The Bertz CT molecular complexity index is 2910. The zero-order valence-corrected chi connectivity index (χ0v) is 40.7. The van der Waals surface area contributed by atoms with E-state index in [0.29, 0.717) is 27.7 Å².